The van der Waals surface area contributed by atoms with Crippen molar-refractivity contribution in [3.63, 3.8) is 0 Å². The van der Waals surface area contributed by atoms with Crippen molar-refractivity contribution >= 4 is 34.3 Å². The third-order valence-electron chi connectivity index (χ3n) is 3.59. The largest absolute Gasteiger partial charge is 0.493 e. The summed E-state index contributed by atoms with van der Waals surface area (Å²) in [6, 6.07) is 3.38. The highest BCUT2D eigenvalue weighted by Crippen LogP contribution is 2.38. The fourth-order valence-electron chi connectivity index (χ4n) is 2.57. The molecule has 0 bridgehead atoms. The zero-order valence-electron chi connectivity index (χ0n) is 12.0. The molecule has 21 heavy (non-hydrogen) atoms. The van der Waals surface area contributed by atoms with Gasteiger partial charge in [-0.3, -0.25) is 9.69 Å². The van der Waals surface area contributed by atoms with Crippen LogP contribution in [0.4, 0.5) is 0 Å². The molecule has 1 aromatic carbocycles. The summed E-state index contributed by atoms with van der Waals surface area (Å²) in [6.45, 7) is 1.38. The number of halogens is 2. The Hall–Kier alpha value is -0.980. The van der Waals surface area contributed by atoms with Crippen molar-refractivity contribution in [3.8, 4) is 11.5 Å². The van der Waals surface area contributed by atoms with Crippen molar-refractivity contribution in [2.75, 3.05) is 20.8 Å². The van der Waals surface area contributed by atoms with Crippen LogP contribution < -0.4 is 9.47 Å². The molecule has 0 aromatic heterocycles. The summed E-state index contributed by atoms with van der Waals surface area (Å²) in [5, 5.41) is 9.22. The highest BCUT2D eigenvalue weighted by atomic mass is 79.9. The maximum Gasteiger partial charge on any atom is 0.320 e. The van der Waals surface area contributed by atoms with Crippen LogP contribution >= 0.6 is 28.3 Å². The third-order valence-corrected chi connectivity index (χ3v) is 4.46. The average molecular weight is 381 g/mol. The Morgan fingerprint density at radius 3 is 2.71 bits per heavy atom. The lowest BCUT2D eigenvalue weighted by molar-refractivity contribution is -0.142. The zero-order valence-corrected chi connectivity index (χ0v) is 14.4. The number of likely N-dealkylation sites (tertiary alicyclic amines) is 1. The van der Waals surface area contributed by atoms with Gasteiger partial charge in [0.05, 0.1) is 18.7 Å². The van der Waals surface area contributed by atoms with E-state index in [-0.39, 0.29) is 12.4 Å². The van der Waals surface area contributed by atoms with E-state index in [9.17, 15) is 9.90 Å². The van der Waals surface area contributed by atoms with Crippen LogP contribution in [-0.4, -0.2) is 42.8 Å². The molecule has 0 amide bonds. The van der Waals surface area contributed by atoms with Gasteiger partial charge in [-0.1, -0.05) is 6.07 Å². The normalized spacial score (nSPS) is 18.1. The summed E-state index contributed by atoms with van der Waals surface area (Å²) in [6.07, 6.45) is 1.63. The maximum atomic E-state index is 11.2. The minimum Gasteiger partial charge on any atom is -0.493 e. The molecule has 2 rings (SSSR count). The lowest BCUT2D eigenvalue weighted by Gasteiger charge is -2.22. The number of methoxy groups -OCH3 is 2. The number of benzene rings is 1. The second kappa shape index (κ2) is 7.87. The quantitative estimate of drug-likeness (QED) is 0.851. The summed E-state index contributed by atoms with van der Waals surface area (Å²) in [5.41, 5.74) is 0.996. The van der Waals surface area contributed by atoms with E-state index in [1.807, 2.05) is 17.0 Å². The fourth-order valence-corrected chi connectivity index (χ4v) is 3.18. The van der Waals surface area contributed by atoms with E-state index in [4.69, 9.17) is 9.47 Å². The molecule has 7 heteroatoms. The summed E-state index contributed by atoms with van der Waals surface area (Å²) in [5.74, 6) is 0.537. The van der Waals surface area contributed by atoms with Gasteiger partial charge in [-0.2, -0.15) is 0 Å². The number of carboxylic acid groups (broad SMARTS) is 1. The minimum atomic E-state index is -0.751. The van der Waals surface area contributed by atoms with Gasteiger partial charge in [0, 0.05) is 6.54 Å². The van der Waals surface area contributed by atoms with Crippen molar-refractivity contribution in [3.05, 3.63) is 22.2 Å². The molecule has 0 spiro atoms. The number of carboxylic acids is 1. The summed E-state index contributed by atoms with van der Waals surface area (Å²) in [7, 11) is 3.17. The SMILES string of the molecule is COc1ccc(CN2CCC[C@@H]2C(=O)O)c(Br)c1OC.Cl. The Balaban J connectivity index is 0.00000220. The fraction of sp³-hybridized carbons (Fsp3) is 0.500. The molecule has 0 aliphatic carbocycles. The second-order valence-electron chi connectivity index (χ2n) is 4.74. The average Bonchev–Trinajstić information content (AvgIpc) is 2.89. The highest BCUT2D eigenvalue weighted by molar-refractivity contribution is 9.10. The van der Waals surface area contributed by atoms with Gasteiger partial charge in [0.1, 0.15) is 6.04 Å². The summed E-state index contributed by atoms with van der Waals surface area (Å²) in [4.78, 5) is 13.2. The Morgan fingerprint density at radius 1 is 1.43 bits per heavy atom. The first-order chi connectivity index (χ1) is 9.58. The molecule has 0 unspecified atom stereocenters. The van der Waals surface area contributed by atoms with E-state index in [0.29, 0.717) is 24.5 Å². The monoisotopic (exact) mass is 379 g/mol. The first-order valence-electron chi connectivity index (χ1n) is 6.44. The number of rotatable bonds is 5. The van der Waals surface area contributed by atoms with E-state index in [1.165, 1.54) is 0 Å². The van der Waals surface area contributed by atoms with Crippen LogP contribution in [-0.2, 0) is 11.3 Å². The molecular weight excluding hydrogens is 362 g/mol. The molecule has 5 nitrogen and oxygen atoms in total. The number of hydrogen-bond acceptors (Lipinski definition) is 4. The van der Waals surface area contributed by atoms with Gasteiger partial charge in [-0.05, 0) is 46.9 Å². The first kappa shape index (κ1) is 18.1. The van der Waals surface area contributed by atoms with Crippen LogP contribution in [0, 0.1) is 0 Å². The Morgan fingerprint density at radius 2 is 2.14 bits per heavy atom. The second-order valence-corrected chi connectivity index (χ2v) is 5.53. The molecule has 0 radical (unpaired) electrons. The molecule has 0 saturated carbocycles. The van der Waals surface area contributed by atoms with Gasteiger partial charge < -0.3 is 14.6 Å². The van der Waals surface area contributed by atoms with Crippen LogP contribution in [0.25, 0.3) is 0 Å². The van der Waals surface area contributed by atoms with Crippen molar-refractivity contribution in [1.82, 2.24) is 4.90 Å². The molecule has 1 aliphatic rings. The number of nitrogens with zero attached hydrogens (tertiary/aromatic N) is 1. The standard InChI is InChI=1S/C14H18BrNO4.ClH/c1-19-11-6-5-9(12(15)13(11)20-2)8-16-7-3-4-10(16)14(17)18;/h5-6,10H,3-4,7-8H2,1-2H3,(H,17,18);1H/t10-;/m1./s1. The molecule has 1 aliphatic heterocycles. The molecule has 1 heterocycles. The van der Waals surface area contributed by atoms with E-state index in [0.717, 1.165) is 23.0 Å². The Labute approximate surface area is 138 Å². The molecule has 1 atom stereocenters. The molecule has 1 fully saturated rings. The number of carbonyl (C=O) groups is 1. The van der Waals surface area contributed by atoms with Crippen LogP contribution in [0.3, 0.4) is 0 Å². The summed E-state index contributed by atoms with van der Waals surface area (Å²) >= 11 is 3.52. The van der Waals surface area contributed by atoms with Gasteiger partial charge in [0.2, 0.25) is 0 Å². The Kier molecular flexibility index (Phi) is 6.77. The number of ether oxygens (including phenoxy) is 2. The van der Waals surface area contributed by atoms with Crippen LogP contribution in [0.2, 0.25) is 0 Å². The van der Waals surface area contributed by atoms with E-state index in [2.05, 4.69) is 15.9 Å². The van der Waals surface area contributed by atoms with Gasteiger partial charge in [0.15, 0.2) is 11.5 Å². The van der Waals surface area contributed by atoms with Crippen LogP contribution in [0.1, 0.15) is 18.4 Å². The van der Waals surface area contributed by atoms with E-state index in [1.54, 1.807) is 14.2 Å². The van der Waals surface area contributed by atoms with E-state index >= 15 is 0 Å². The van der Waals surface area contributed by atoms with Crippen molar-refractivity contribution in [2.45, 2.75) is 25.4 Å². The lowest BCUT2D eigenvalue weighted by atomic mass is 10.1. The topological polar surface area (TPSA) is 59.0 Å². The zero-order chi connectivity index (χ0) is 14.7. The molecule has 1 aromatic rings. The molecule has 1 saturated heterocycles. The molecular formula is C14H19BrClNO4. The molecule has 1 N–H and O–H groups in total. The predicted octanol–water partition coefficient (Wildman–Crippen LogP) is 2.94. The third kappa shape index (κ3) is 3.81. The summed E-state index contributed by atoms with van der Waals surface area (Å²) < 4.78 is 11.4. The van der Waals surface area contributed by atoms with Gasteiger partial charge in [-0.25, -0.2) is 0 Å². The Bertz CT molecular complexity index is 512. The van der Waals surface area contributed by atoms with Crippen molar-refractivity contribution in [1.29, 1.82) is 0 Å². The molecule has 118 valence electrons. The van der Waals surface area contributed by atoms with Gasteiger partial charge in [-0.15, -0.1) is 12.4 Å². The van der Waals surface area contributed by atoms with Gasteiger partial charge >= 0.3 is 5.97 Å². The van der Waals surface area contributed by atoms with Crippen LogP contribution in [0.15, 0.2) is 16.6 Å². The number of hydrogen-bond donors (Lipinski definition) is 1. The van der Waals surface area contributed by atoms with Crippen molar-refractivity contribution in [2.24, 2.45) is 0 Å². The predicted molar refractivity (Wildman–Crippen MR) is 85.6 cm³/mol. The number of aliphatic carboxylic acids is 1. The highest BCUT2D eigenvalue weighted by Gasteiger charge is 2.31. The maximum absolute atomic E-state index is 11.2. The van der Waals surface area contributed by atoms with Crippen LogP contribution in [0.5, 0.6) is 11.5 Å². The van der Waals surface area contributed by atoms with Crippen molar-refractivity contribution < 1.29 is 19.4 Å². The lowest BCUT2D eigenvalue weighted by Crippen LogP contribution is -2.35. The van der Waals surface area contributed by atoms with E-state index < -0.39 is 12.0 Å². The minimum absolute atomic E-state index is 0. The van der Waals surface area contributed by atoms with Gasteiger partial charge in [0.25, 0.3) is 0 Å². The first-order valence-corrected chi connectivity index (χ1v) is 7.24. The smallest absolute Gasteiger partial charge is 0.320 e.